The first kappa shape index (κ1) is 15.6. The van der Waals surface area contributed by atoms with Crippen LogP contribution in [0.4, 0.5) is 5.69 Å². The maximum absolute atomic E-state index is 12.2. The zero-order valence-corrected chi connectivity index (χ0v) is 12.9. The number of nitriles is 1. The van der Waals surface area contributed by atoms with Gasteiger partial charge < -0.3 is 10.1 Å². The number of carbonyl (C=O) groups excluding carboxylic acids is 1. The number of benzene rings is 2. The Morgan fingerprint density at radius 1 is 1.18 bits per heavy atom. The number of ether oxygens (including phenoxy) is 1. The molecule has 0 aliphatic rings. The zero-order valence-electron chi connectivity index (χ0n) is 12.9. The maximum atomic E-state index is 12.2. The molecule has 0 saturated carbocycles. The number of hydrogen-bond acceptors (Lipinski definition) is 3. The molecule has 0 fully saturated rings. The van der Waals surface area contributed by atoms with Crippen LogP contribution in [-0.4, -0.2) is 12.0 Å². The van der Waals surface area contributed by atoms with Gasteiger partial charge in [-0.3, -0.25) is 4.79 Å². The van der Waals surface area contributed by atoms with E-state index < -0.39 is 6.10 Å². The predicted molar refractivity (Wildman–Crippen MR) is 85.8 cm³/mol. The summed E-state index contributed by atoms with van der Waals surface area (Å²) in [5, 5.41) is 11.6. The number of hydrogen-bond donors (Lipinski definition) is 1. The number of nitrogens with zero attached hydrogens (tertiary/aromatic N) is 1. The third-order valence-electron chi connectivity index (χ3n) is 3.33. The number of aryl methyl sites for hydroxylation is 2. The highest BCUT2D eigenvalue weighted by atomic mass is 16.5. The SMILES string of the molecule is Cc1cccc(C)c1O[C@H](C)C(=O)Nc1cccc(C#N)c1. The third kappa shape index (κ3) is 3.64. The molecule has 4 heteroatoms. The fourth-order valence-corrected chi connectivity index (χ4v) is 2.13. The first-order chi connectivity index (χ1) is 10.5. The molecule has 0 radical (unpaired) electrons. The molecule has 2 rings (SSSR count). The summed E-state index contributed by atoms with van der Waals surface area (Å²) in [6, 6.07) is 14.7. The number of anilines is 1. The van der Waals surface area contributed by atoms with Crippen molar-refractivity contribution in [3.05, 3.63) is 59.2 Å². The second-order valence-electron chi connectivity index (χ2n) is 5.16. The molecular formula is C18H18N2O2. The summed E-state index contributed by atoms with van der Waals surface area (Å²) in [6.07, 6.45) is -0.634. The van der Waals surface area contributed by atoms with Crippen molar-refractivity contribution in [2.24, 2.45) is 0 Å². The van der Waals surface area contributed by atoms with Gasteiger partial charge in [-0.1, -0.05) is 24.3 Å². The van der Waals surface area contributed by atoms with Gasteiger partial charge in [0.25, 0.3) is 5.91 Å². The molecular weight excluding hydrogens is 276 g/mol. The van der Waals surface area contributed by atoms with Crippen molar-refractivity contribution in [2.45, 2.75) is 26.9 Å². The molecule has 112 valence electrons. The minimum absolute atomic E-state index is 0.252. The zero-order chi connectivity index (χ0) is 16.1. The minimum Gasteiger partial charge on any atom is -0.480 e. The van der Waals surface area contributed by atoms with E-state index in [2.05, 4.69) is 5.32 Å². The Bertz CT molecular complexity index is 712. The highest BCUT2D eigenvalue weighted by Crippen LogP contribution is 2.23. The molecule has 0 aliphatic carbocycles. The molecule has 1 amide bonds. The average molecular weight is 294 g/mol. The van der Waals surface area contributed by atoms with Crippen LogP contribution in [0, 0.1) is 25.2 Å². The molecule has 0 bridgehead atoms. The fraction of sp³-hybridized carbons (Fsp3) is 0.222. The monoisotopic (exact) mass is 294 g/mol. The Balaban J connectivity index is 2.08. The van der Waals surface area contributed by atoms with Gasteiger partial charge in [-0.25, -0.2) is 0 Å². The number of para-hydroxylation sites is 1. The van der Waals surface area contributed by atoms with Crippen LogP contribution in [0.1, 0.15) is 23.6 Å². The molecule has 0 saturated heterocycles. The van der Waals surface area contributed by atoms with E-state index >= 15 is 0 Å². The van der Waals surface area contributed by atoms with Gasteiger partial charge in [-0.15, -0.1) is 0 Å². The molecule has 0 heterocycles. The van der Waals surface area contributed by atoms with E-state index in [0.717, 1.165) is 16.9 Å². The lowest BCUT2D eigenvalue weighted by Crippen LogP contribution is -2.30. The quantitative estimate of drug-likeness (QED) is 0.937. The van der Waals surface area contributed by atoms with Gasteiger partial charge in [0, 0.05) is 5.69 Å². The van der Waals surface area contributed by atoms with Gasteiger partial charge in [0.15, 0.2) is 6.10 Å². The van der Waals surface area contributed by atoms with Crippen LogP contribution in [0.3, 0.4) is 0 Å². The molecule has 4 nitrogen and oxygen atoms in total. The Labute approximate surface area is 130 Å². The Morgan fingerprint density at radius 3 is 2.45 bits per heavy atom. The summed E-state index contributed by atoms with van der Waals surface area (Å²) in [7, 11) is 0. The van der Waals surface area contributed by atoms with E-state index in [1.807, 2.05) is 38.1 Å². The van der Waals surface area contributed by atoms with Crippen molar-refractivity contribution in [1.82, 2.24) is 0 Å². The van der Waals surface area contributed by atoms with Gasteiger partial charge >= 0.3 is 0 Å². The molecule has 1 N–H and O–H groups in total. The van der Waals surface area contributed by atoms with E-state index in [-0.39, 0.29) is 5.91 Å². The van der Waals surface area contributed by atoms with Crippen LogP contribution in [-0.2, 0) is 4.79 Å². The van der Waals surface area contributed by atoms with Crippen LogP contribution in [0.5, 0.6) is 5.75 Å². The molecule has 2 aromatic rings. The Kier molecular flexibility index (Phi) is 4.80. The van der Waals surface area contributed by atoms with Crippen molar-refractivity contribution < 1.29 is 9.53 Å². The summed E-state index contributed by atoms with van der Waals surface area (Å²) in [6.45, 7) is 5.60. The lowest BCUT2D eigenvalue weighted by Gasteiger charge is -2.18. The number of carbonyl (C=O) groups is 1. The second-order valence-corrected chi connectivity index (χ2v) is 5.16. The van der Waals surface area contributed by atoms with Gasteiger partial charge in [-0.05, 0) is 50.1 Å². The largest absolute Gasteiger partial charge is 0.480 e. The van der Waals surface area contributed by atoms with E-state index in [4.69, 9.17) is 10.00 Å². The van der Waals surface area contributed by atoms with E-state index in [9.17, 15) is 4.79 Å². The van der Waals surface area contributed by atoms with Crippen LogP contribution in [0.2, 0.25) is 0 Å². The van der Waals surface area contributed by atoms with Crippen molar-refractivity contribution >= 4 is 11.6 Å². The topological polar surface area (TPSA) is 62.1 Å². The second kappa shape index (κ2) is 6.77. The number of rotatable bonds is 4. The number of amides is 1. The summed E-state index contributed by atoms with van der Waals surface area (Å²) in [5.41, 5.74) is 3.07. The minimum atomic E-state index is -0.634. The summed E-state index contributed by atoms with van der Waals surface area (Å²) in [5.74, 6) is 0.480. The average Bonchev–Trinajstić information content (AvgIpc) is 2.51. The van der Waals surface area contributed by atoms with Gasteiger partial charge in [0.05, 0.1) is 11.6 Å². The Hall–Kier alpha value is -2.80. The highest BCUT2D eigenvalue weighted by Gasteiger charge is 2.17. The maximum Gasteiger partial charge on any atom is 0.265 e. The third-order valence-corrected chi connectivity index (χ3v) is 3.33. The lowest BCUT2D eigenvalue weighted by molar-refractivity contribution is -0.122. The smallest absolute Gasteiger partial charge is 0.265 e. The standard InChI is InChI=1S/C18H18N2O2/c1-12-6-4-7-13(2)17(12)22-14(3)18(21)20-16-9-5-8-15(10-16)11-19/h4-10,14H,1-3H3,(H,20,21)/t14-/m1/s1. The first-order valence-electron chi connectivity index (χ1n) is 7.05. The lowest BCUT2D eigenvalue weighted by atomic mass is 10.1. The molecule has 0 aromatic heterocycles. The number of nitrogens with one attached hydrogen (secondary N) is 1. The normalized spacial score (nSPS) is 11.4. The molecule has 2 aromatic carbocycles. The molecule has 0 aliphatic heterocycles. The molecule has 0 unspecified atom stereocenters. The van der Waals surface area contributed by atoms with Crippen molar-refractivity contribution in [1.29, 1.82) is 5.26 Å². The van der Waals surface area contributed by atoms with E-state index in [1.54, 1.807) is 31.2 Å². The fourth-order valence-electron chi connectivity index (χ4n) is 2.13. The molecule has 0 spiro atoms. The van der Waals surface area contributed by atoms with Gasteiger partial charge in [0.2, 0.25) is 0 Å². The first-order valence-corrected chi connectivity index (χ1v) is 7.05. The van der Waals surface area contributed by atoms with Gasteiger partial charge in [-0.2, -0.15) is 5.26 Å². The van der Waals surface area contributed by atoms with E-state index in [0.29, 0.717) is 11.3 Å². The van der Waals surface area contributed by atoms with Crippen molar-refractivity contribution in [3.63, 3.8) is 0 Å². The summed E-state index contributed by atoms with van der Waals surface area (Å²) < 4.78 is 5.79. The van der Waals surface area contributed by atoms with Crippen LogP contribution >= 0.6 is 0 Å². The van der Waals surface area contributed by atoms with Crippen LogP contribution in [0.25, 0.3) is 0 Å². The van der Waals surface area contributed by atoms with Crippen molar-refractivity contribution in [2.75, 3.05) is 5.32 Å². The van der Waals surface area contributed by atoms with Crippen LogP contribution < -0.4 is 10.1 Å². The summed E-state index contributed by atoms with van der Waals surface area (Å²) >= 11 is 0. The predicted octanol–water partition coefficient (Wildman–Crippen LogP) is 3.58. The molecule has 1 atom stereocenters. The van der Waals surface area contributed by atoms with E-state index in [1.165, 1.54) is 0 Å². The van der Waals surface area contributed by atoms with Crippen LogP contribution in [0.15, 0.2) is 42.5 Å². The highest BCUT2D eigenvalue weighted by molar-refractivity contribution is 5.94. The Morgan fingerprint density at radius 2 is 1.82 bits per heavy atom. The molecule has 22 heavy (non-hydrogen) atoms. The van der Waals surface area contributed by atoms with Gasteiger partial charge in [0.1, 0.15) is 5.75 Å². The summed E-state index contributed by atoms with van der Waals surface area (Å²) in [4.78, 5) is 12.2. The van der Waals surface area contributed by atoms with Crippen molar-refractivity contribution in [3.8, 4) is 11.8 Å².